The van der Waals surface area contributed by atoms with Gasteiger partial charge in [-0.25, -0.2) is 0 Å². The number of H-pyrrole nitrogens is 1. The van der Waals surface area contributed by atoms with E-state index in [9.17, 15) is 5.11 Å². The average molecular weight is 237 g/mol. The molecule has 17 heavy (non-hydrogen) atoms. The minimum Gasteiger partial charge on any atom is -0.394 e. The molecule has 1 aliphatic carbocycles. The van der Waals surface area contributed by atoms with E-state index in [1.807, 2.05) is 13.1 Å². The molecule has 0 spiro atoms. The monoisotopic (exact) mass is 237 g/mol. The number of nitrogens with zero attached hydrogens (tertiary/aromatic N) is 1. The van der Waals surface area contributed by atoms with Crippen LogP contribution in [0.2, 0.25) is 0 Å². The molecule has 4 heteroatoms. The maximum absolute atomic E-state index is 9.64. The highest BCUT2D eigenvalue weighted by Gasteiger charge is 2.33. The molecule has 0 atom stereocenters. The summed E-state index contributed by atoms with van der Waals surface area (Å²) >= 11 is 0. The molecule has 0 aromatic carbocycles. The molecule has 0 unspecified atom stereocenters. The van der Waals surface area contributed by atoms with Gasteiger partial charge < -0.3 is 10.4 Å². The standard InChI is InChI=1S/C13H23N3O/c1-10-3-5-13(9-17,6-4-10)14-7-12-8-15-16-11(12)2/h8,10,14,17H,3-7,9H2,1-2H3,(H,15,16). The van der Waals surface area contributed by atoms with Crippen molar-refractivity contribution in [3.8, 4) is 0 Å². The zero-order chi connectivity index (χ0) is 12.3. The Morgan fingerprint density at radius 2 is 2.24 bits per heavy atom. The molecule has 1 heterocycles. The molecule has 0 amide bonds. The molecule has 0 saturated heterocycles. The SMILES string of the molecule is Cc1[nH]ncc1CNC1(CO)CCC(C)CC1. The lowest BCUT2D eigenvalue weighted by atomic mass is 9.77. The Hall–Kier alpha value is -0.870. The van der Waals surface area contributed by atoms with Gasteiger partial charge in [0.05, 0.1) is 12.8 Å². The molecule has 3 N–H and O–H groups in total. The first-order valence-corrected chi connectivity index (χ1v) is 6.50. The van der Waals surface area contributed by atoms with Crippen LogP contribution in [0.25, 0.3) is 0 Å². The minimum atomic E-state index is -0.0732. The Morgan fingerprint density at radius 1 is 1.53 bits per heavy atom. The van der Waals surface area contributed by atoms with Crippen LogP contribution in [0.3, 0.4) is 0 Å². The second-order valence-electron chi connectivity index (χ2n) is 5.49. The van der Waals surface area contributed by atoms with E-state index in [1.54, 1.807) is 0 Å². The van der Waals surface area contributed by atoms with Crippen molar-refractivity contribution in [3.05, 3.63) is 17.5 Å². The molecule has 1 fully saturated rings. The third kappa shape index (κ3) is 2.87. The molecule has 0 bridgehead atoms. The summed E-state index contributed by atoms with van der Waals surface area (Å²) in [5.74, 6) is 0.798. The van der Waals surface area contributed by atoms with Crippen LogP contribution in [-0.2, 0) is 6.54 Å². The van der Waals surface area contributed by atoms with Gasteiger partial charge in [-0.1, -0.05) is 6.92 Å². The fraction of sp³-hybridized carbons (Fsp3) is 0.769. The number of hydrogen-bond donors (Lipinski definition) is 3. The van der Waals surface area contributed by atoms with Gasteiger partial charge in [0, 0.05) is 23.3 Å². The summed E-state index contributed by atoms with van der Waals surface area (Å²) in [7, 11) is 0. The summed E-state index contributed by atoms with van der Waals surface area (Å²) in [5.41, 5.74) is 2.22. The van der Waals surface area contributed by atoms with E-state index in [0.717, 1.165) is 31.0 Å². The Kier molecular flexibility index (Phi) is 3.84. The first-order chi connectivity index (χ1) is 8.15. The van der Waals surface area contributed by atoms with Gasteiger partial charge in [-0.2, -0.15) is 5.10 Å². The summed E-state index contributed by atoms with van der Waals surface area (Å²) in [6.45, 7) is 5.34. The van der Waals surface area contributed by atoms with Gasteiger partial charge in [0.2, 0.25) is 0 Å². The van der Waals surface area contributed by atoms with Gasteiger partial charge in [0.25, 0.3) is 0 Å². The first kappa shape index (κ1) is 12.6. The van der Waals surface area contributed by atoms with E-state index in [1.165, 1.54) is 18.4 Å². The van der Waals surface area contributed by atoms with Crippen LogP contribution in [-0.4, -0.2) is 27.4 Å². The Labute approximate surface area is 103 Å². The van der Waals surface area contributed by atoms with Gasteiger partial charge >= 0.3 is 0 Å². The third-order valence-corrected chi connectivity index (χ3v) is 4.12. The number of aromatic amines is 1. The van der Waals surface area contributed by atoms with Crippen molar-refractivity contribution in [3.63, 3.8) is 0 Å². The molecule has 1 aromatic heterocycles. The van der Waals surface area contributed by atoms with Crippen LogP contribution >= 0.6 is 0 Å². The predicted molar refractivity (Wildman–Crippen MR) is 67.6 cm³/mol. The highest BCUT2D eigenvalue weighted by atomic mass is 16.3. The zero-order valence-corrected chi connectivity index (χ0v) is 10.8. The molecule has 1 saturated carbocycles. The van der Waals surface area contributed by atoms with Crippen molar-refractivity contribution in [2.24, 2.45) is 5.92 Å². The molecule has 4 nitrogen and oxygen atoms in total. The number of rotatable bonds is 4. The van der Waals surface area contributed by atoms with Gasteiger partial charge in [-0.3, -0.25) is 5.10 Å². The summed E-state index contributed by atoms with van der Waals surface area (Å²) in [6, 6.07) is 0. The van der Waals surface area contributed by atoms with E-state index in [2.05, 4.69) is 22.4 Å². The van der Waals surface area contributed by atoms with E-state index in [0.29, 0.717) is 0 Å². The first-order valence-electron chi connectivity index (χ1n) is 6.50. The molecular formula is C13H23N3O. The van der Waals surface area contributed by atoms with Crippen LogP contribution in [0.4, 0.5) is 0 Å². The topological polar surface area (TPSA) is 60.9 Å². The van der Waals surface area contributed by atoms with Crippen LogP contribution in [0, 0.1) is 12.8 Å². The van der Waals surface area contributed by atoms with Crippen molar-refractivity contribution in [1.82, 2.24) is 15.5 Å². The van der Waals surface area contributed by atoms with E-state index < -0.39 is 0 Å². The Morgan fingerprint density at radius 3 is 2.76 bits per heavy atom. The highest BCUT2D eigenvalue weighted by molar-refractivity contribution is 5.14. The predicted octanol–water partition coefficient (Wildman–Crippen LogP) is 1.75. The molecule has 1 aliphatic rings. The molecule has 96 valence electrons. The summed E-state index contributed by atoms with van der Waals surface area (Å²) in [5, 5.41) is 20.1. The fourth-order valence-electron chi connectivity index (χ4n) is 2.54. The number of aliphatic hydroxyl groups is 1. The maximum Gasteiger partial charge on any atom is 0.0613 e. The Bertz CT molecular complexity index is 353. The third-order valence-electron chi connectivity index (χ3n) is 4.12. The lowest BCUT2D eigenvalue weighted by Gasteiger charge is -2.39. The van der Waals surface area contributed by atoms with Gasteiger partial charge in [-0.05, 0) is 38.5 Å². The van der Waals surface area contributed by atoms with Crippen LogP contribution in [0.1, 0.15) is 43.9 Å². The minimum absolute atomic E-state index is 0.0732. The molecule has 0 aliphatic heterocycles. The lowest BCUT2D eigenvalue weighted by molar-refractivity contribution is 0.104. The summed E-state index contributed by atoms with van der Waals surface area (Å²) in [4.78, 5) is 0. The second-order valence-corrected chi connectivity index (χ2v) is 5.49. The van der Waals surface area contributed by atoms with Crippen molar-refractivity contribution >= 4 is 0 Å². The normalized spacial score (nSPS) is 29.5. The second kappa shape index (κ2) is 5.19. The number of nitrogens with one attached hydrogen (secondary N) is 2. The van der Waals surface area contributed by atoms with E-state index >= 15 is 0 Å². The van der Waals surface area contributed by atoms with Crippen molar-refractivity contribution in [2.75, 3.05) is 6.61 Å². The van der Waals surface area contributed by atoms with Gasteiger partial charge in [0.1, 0.15) is 0 Å². The maximum atomic E-state index is 9.64. The average Bonchev–Trinajstić information content (AvgIpc) is 2.75. The highest BCUT2D eigenvalue weighted by Crippen LogP contribution is 2.31. The van der Waals surface area contributed by atoms with Crippen molar-refractivity contribution in [1.29, 1.82) is 0 Å². The number of aryl methyl sites for hydroxylation is 1. The largest absolute Gasteiger partial charge is 0.394 e. The van der Waals surface area contributed by atoms with Crippen molar-refractivity contribution in [2.45, 2.75) is 51.6 Å². The zero-order valence-electron chi connectivity index (χ0n) is 10.8. The number of aromatic nitrogens is 2. The van der Waals surface area contributed by atoms with Crippen molar-refractivity contribution < 1.29 is 5.11 Å². The van der Waals surface area contributed by atoms with Gasteiger partial charge in [0.15, 0.2) is 0 Å². The summed E-state index contributed by atoms with van der Waals surface area (Å²) < 4.78 is 0. The van der Waals surface area contributed by atoms with E-state index in [-0.39, 0.29) is 12.1 Å². The summed E-state index contributed by atoms with van der Waals surface area (Å²) in [6.07, 6.45) is 6.41. The van der Waals surface area contributed by atoms with Gasteiger partial charge in [-0.15, -0.1) is 0 Å². The molecule has 2 rings (SSSR count). The van der Waals surface area contributed by atoms with Crippen LogP contribution in [0.15, 0.2) is 6.20 Å². The molecular weight excluding hydrogens is 214 g/mol. The lowest BCUT2D eigenvalue weighted by Crippen LogP contribution is -2.50. The van der Waals surface area contributed by atoms with Crippen LogP contribution < -0.4 is 5.32 Å². The quantitative estimate of drug-likeness (QED) is 0.747. The molecule has 0 radical (unpaired) electrons. The smallest absolute Gasteiger partial charge is 0.0613 e. The van der Waals surface area contributed by atoms with Crippen LogP contribution in [0.5, 0.6) is 0 Å². The Balaban J connectivity index is 1.94. The van der Waals surface area contributed by atoms with E-state index in [4.69, 9.17) is 0 Å². The fourth-order valence-corrected chi connectivity index (χ4v) is 2.54. The number of aliphatic hydroxyl groups excluding tert-OH is 1. The number of hydrogen-bond acceptors (Lipinski definition) is 3. The molecule has 1 aromatic rings.